The number of aryl methyl sites for hydroxylation is 1. The zero-order chi connectivity index (χ0) is 22.5. The predicted molar refractivity (Wildman–Crippen MR) is 123 cm³/mol. The molecule has 6 rings (SSSR count). The Morgan fingerprint density at radius 2 is 2.06 bits per heavy atom. The normalized spacial score (nSPS) is 18.2. The van der Waals surface area contributed by atoms with Crippen molar-refractivity contribution in [3.63, 3.8) is 0 Å². The first-order valence-corrected chi connectivity index (χ1v) is 11.4. The van der Waals surface area contributed by atoms with E-state index < -0.39 is 5.82 Å². The van der Waals surface area contributed by atoms with Crippen LogP contribution < -0.4 is 10.6 Å². The highest BCUT2D eigenvalue weighted by atomic mass is 19.1. The molecule has 1 amide bonds. The van der Waals surface area contributed by atoms with E-state index in [2.05, 4.69) is 37.4 Å². The van der Waals surface area contributed by atoms with Crippen LogP contribution in [-0.4, -0.2) is 44.2 Å². The molecule has 168 valence electrons. The molecule has 33 heavy (non-hydrogen) atoms. The van der Waals surface area contributed by atoms with Gasteiger partial charge in [-0.15, -0.1) is 0 Å². The molecule has 4 aromatic rings. The van der Waals surface area contributed by atoms with Gasteiger partial charge < -0.3 is 10.6 Å². The van der Waals surface area contributed by atoms with Crippen molar-refractivity contribution in [3.05, 3.63) is 71.6 Å². The molecule has 1 atom stereocenters. The summed E-state index contributed by atoms with van der Waals surface area (Å²) in [4.78, 5) is 17.0. The van der Waals surface area contributed by atoms with E-state index in [9.17, 15) is 9.18 Å². The fraction of sp³-hybridized carbons (Fsp3) is 0.320. The van der Waals surface area contributed by atoms with Crippen LogP contribution in [0.25, 0.3) is 22.6 Å². The first kappa shape index (κ1) is 20.1. The van der Waals surface area contributed by atoms with Crippen molar-refractivity contribution in [2.75, 3.05) is 13.1 Å². The zero-order valence-electron chi connectivity index (χ0n) is 18.4. The standard InChI is InChI=1S/C25H25FN6O/c1-15-8-22(26)21(25(33)30-19-3-4-19)9-20(15)18-11-29-32(14-18)24-12-28-23-5-2-17(13-31(23)24)16-6-7-27-10-16/h2,5,8-9,11-14,16,19,27H,3-4,6-7,10H2,1H3,(H,30,33)/t16-/m0/s1. The monoisotopic (exact) mass is 444 g/mol. The van der Waals surface area contributed by atoms with Crippen molar-refractivity contribution < 1.29 is 9.18 Å². The Kier molecular flexibility index (Phi) is 4.76. The number of carbonyl (C=O) groups excluding carboxylic acids is 1. The molecule has 1 aliphatic carbocycles. The number of nitrogens with zero attached hydrogens (tertiary/aromatic N) is 4. The van der Waals surface area contributed by atoms with Crippen LogP contribution in [0, 0.1) is 12.7 Å². The van der Waals surface area contributed by atoms with Gasteiger partial charge in [-0.3, -0.25) is 9.20 Å². The van der Waals surface area contributed by atoms with Crippen molar-refractivity contribution in [2.24, 2.45) is 0 Å². The maximum Gasteiger partial charge on any atom is 0.254 e. The van der Waals surface area contributed by atoms with Crippen LogP contribution in [0.1, 0.15) is 46.7 Å². The van der Waals surface area contributed by atoms with Crippen LogP contribution in [0.3, 0.4) is 0 Å². The van der Waals surface area contributed by atoms with Crippen LogP contribution in [0.2, 0.25) is 0 Å². The lowest BCUT2D eigenvalue weighted by molar-refractivity contribution is 0.0947. The quantitative estimate of drug-likeness (QED) is 0.493. The first-order chi connectivity index (χ1) is 16.1. The number of halogens is 1. The number of nitrogens with one attached hydrogen (secondary N) is 2. The van der Waals surface area contributed by atoms with E-state index in [4.69, 9.17) is 0 Å². The molecule has 8 heteroatoms. The number of imidazole rings is 1. The SMILES string of the molecule is Cc1cc(F)c(C(=O)NC2CC2)cc1-c1cnn(-c2cnc3ccc([C@H]4CCNC4)cn23)c1. The summed E-state index contributed by atoms with van der Waals surface area (Å²) >= 11 is 0. The van der Waals surface area contributed by atoms with E-state index in [1.165, 1.54) is 11.6 Å². The van der Waals surface area contributed by atoms with E-state index in [0.29, 0.717) is 5.92 Å². The molecule has 2 aliphatic rings. The van der Waals surface area contributed by atoms with Crippen LogP contribution >= 0.6 is 0 Å². The lowest BCUT2D eigenvalue weighted by Gasteiger charge is -2.10. The predicted octanol–water partition coefficient (Wildman–Crippen LogP) is 3.60. The molecule has 0 radical (unpaired) electrons. The van der Waals surface area contributed by atoms with Gasteiger partial charge in [0.1, 0.15) is 11.5 Å². The molecule has 4 heterocycles. The minimum absolute atomic E-state index is 0.0693. The number of carbonyl (C=O) groups is 1. The van der Waals surface area contributed by atoms with Crippen LogP contribution in [0.5, 0.6) is 0 Å². The summed E-state index contributed by atoms with van der Waals surface area (Å²) in [6.07, 6.45) is 10.6. The molecule has 0 unspecified atom stereocenters. The molecule has 7 nitrogen and oxygen atoms in total. The van der Waals surface area contributed by atoms with Gasteiger partial charge in [-0.1, -0.05) is 6.07 Å². The zero-order valence-corrected chi connectivity index (χ0v) is 18.4. The van der Waals surface area contributed by atoms with E-state index in [0.717, 1.165) is 60.5 Å². The third-order valence-corrected chi connectivity index (χ3v) is 6.64. The molecule has 1 aliphatic heterocycles. The Bertz CT molecular complexity index is 1360. The van der Waals surface area contributed by atoms with Gasteiger partial charge in [-0.25, -0.2) is 14.1 Å². The van der Waals surface area contributed by atoms with Gasteiger partial charge in [0.05, 0.1) is 18.0 Å². The summed E-state index contributed by atoms with van der Waals surface area (Å²) in [5, 5.41) is 10.8. The molecule has 2 fully saturated rings. The van der Waals surface area contributed by atoms with Crippen molar-refractivity contribution >= 4 is 11.6 Å². The average Bonchev–Trinajstić information content (AvgIpc) is 3.22. The molecule has 1 saturated heterocycles. The van der Waals surface area contributed by atoms with Crippen molar-refractivity contribution in [3.8, 4) is 16.9 Å². The largest absolute Gasteiger partial charge is 0.349 e. The van der Waals surface area contributed by atoms with Crippen molar-refractivity contribution in [1.82, 2.24) is 29.8 Å². The molecule has 1 aromatic carbocycles. The van der Waals surface area contributed by atoms with Crippen molar-refractivity contribution in [2.45, 2.75) is 38.1 Å². The Hall–Kier alpha value is -3.52. The smallest absolute Gasteiger partial charge is 0.254 e. The summed E-state index contributed by atoms with van der Waals surface area (Å²) in [6.45, 7) is 3.87. The maximum absolute atomic E-state index is 14.5. The Morgan fingerprint density at radius 1 is 1.18 bits per heavy atom. The molecule has 0 bridgehead atoms. The summed E-state index contributed by atoms with van der Waals surface area (Å²) in [6, 6.07) is 7.41. The first-order valence-electron chi connectivity index (χ1n) is 11.4. The average molecular weight is 445 g/mol. The van der Waals surface area contributed by atoms with Crippen LogP contribution in [0.15, 0.2) is 49.1 Å². The summed E-state index contributed by atoms with van der Waals surface area (Å²) in [5.41, 5.74) is 4.56. The van der Waals surface area contributed by atoms with Gasteiger partial charge in [0.25, 0.3) is 5.91 Å². The van der Waals surface area contributed by atoms with Gasteiger partial charge in [0.15, 0.2) is 5.82 Å². The maximum atomic E-state index is 14.5. The van der Waals surface area contributed by atoms with Gasteiger partial charge in [0.2, 0.25) is 0 Å². The topological polar surface area (TPSA) is 76.2 Å². The Labute approximate surface area is 190 Å². The fourth-order valence-corrected chi connectivity index (χ4v) is 4.57. The van der Waals surface area contributed by atoms with Gasteiger partial charge in [-0.2, -0.15) is 5.10 Å². The highest BCUT2D eigenvalue weighted by Gasteiger charge is 2.26. The fourth-order valence-electron chi connectivity index (χ4n) is 4.57. The number of amides is 1. The van der Waals surface area contributed by atoms with E-state index in [-0.39, 0.29) is 17.5 Å². The number of pyridine rings is 1. The van der Waals surface area contributed by atoms with Crippen LogP contribution in [0.4, 0.5) is 4.39 Å². The number of benzene rings is 1. The second kappa shape index (κ2) is 7.81. The number of hydrogen-bond acceptors (Lipinski definition) is 4. The molecular formula is C25H25FN6O. The number of aromatic nitrogens is 4. The second-order valence-corrected chi connectivity index (χ2v) is 9.07. The number of rotatable bonds is 5. The third kappa shape index (κ3) is 3.70. The highest BCUT2D eigenvalue weighted by Crippen LogP contribution is 2.29. The molecule has 2 N–H and O–H groups in total. The summed E-state index contributed by atoms with van der Waals surface area (Å²) < 4.78 is 18.4. The van der Waals surface area contributed by atoms with Gasteiger partial charge >= 0.3 is 0 Å². The lowest BCUT2D eigenvalue weighted by Crippen LogP contribution is -2.26. The minimum Gasteiger partial charge on any atom is -0.349 e. The molecular weight excluding hydrogens is 419 g/mol. The summed E-state index contributed by atoms with van der Waals surface area (Å²) in [5.74, 6) is 0.465. The van der Waals surface area contributed by atoms with Gasteiger partial charge in [-0.05, 0) is 73.5 Å². The van der Waals surface area contributed by atoms with Crippen LogP contribution in [-0.2, 0) is 0 Å². The highest BCUT2D eigenvalue weighted by molar-refractivity contribution is 5.96. The van der Waals surface area contributed by atoms with E-state index in [1.54, 1.807) is 23.1 Å². The molecule has 0 spiro atoms. The lowest BCUT2D eigenvalue weighted by atomic mass is 9.99. The third-order valence-electron chi connectivity index (χ3n) is 6.64. The Morgan fingerprint density at radius 3 is 2.85 bits per heavy atom. The van der Waals surface area contributed by atoms with E-state index in [1.807, 2.05) is 19.2 Å². The second-order valence-electron chi connectivity index (χ2n) is 9.07. The van der Waals surface area contributed by atoms with Crippen molar-refractivity contribution in [1.29, 1.82) is 0 Å². The Balaban J connectivity index is 1.36. The molecule has 3 aromatic heterocycles. The molecule has 1 saturated carbocycles. The van der Waals surface area contributed by atoms with E-state index >= 15 is 0 Å². The number of hydrogen-bond donors (Lipinski definition) is 2. The minimum atomic E-state index is -0.502. The van der Waals surface area contributed by atoms with Gasteiger partial charge in [0, 0.05) is 30.5 Å². The number of fused-ring (bicyclic) bond motifs is 1. The summed E-state index contributed by atoms with van der Waals surface area (Å²) in [7, 11) is 0.